The summed E-state index contributed by atoms with van der Waals surface area (Å²) in [5.74, 6) is -1.64. The van der Waals surface area contributed by atoms with Gasteiger partial charge in [0.15, 0.2) is 11.6 Å². The number of rotatable bonds is 4. The Kier molecular flexibility index (Phi) is 4.17. The molecule has 0 radical (unpaired) electrons. The molecular formula is C15H14F3NO. The minimum absolute atomic E-state index is 0.126. The second-order valence-corrected chi connectivity index (χ2v) is 4.42. The van der Waals surface area contributed by atoms with Gasteiger partial charge >= 0.3 is 0 Å². The molecule has 0 spiro atoms. The number of ether oxygens (including phenoxy) is 1. The number of nitrogens with one attached hydrogen (secondary N) is 1. The van der Waals surface area contributed by atoms with Gasteiger partial charge in [0.25, 0.3) is 0 Å². The van der Waals surface area contributed by atoms with Crippen LogP contribution < -0.4 is 10.1 Å². The SMILES string of the molecule is COc1cc(C(C)Nc2cc(F)cc(F)c2)ccc1F. The maximum absolute atomic E-state index is 13.3. The van der Waals surface area contributed by atoms with Crippen molar-refractivity contribution in [2.45, 2.75) is 13.0 Å². The van der Waals surface area contributed by atoms with Gasteiger partial charge in [-0.05, 0) is 36.8 Å². The van der Waals surface area contributed by atoms with Crippen LogP contribution in [0.25, 0.3) is 0 Å². The molecular weight excluding hydrogens is 267 g/mol. The lowest BCUT2D eigenvalue weighted by atomic mass is 10.1. The highest BCUT2D eigenvalue weighted by molar-refractivity contribution is 5.46. The second-order valence-electron chi connectivity index (χ2n) is 4.42. The van der Waals surface area contributed by atoms with Crippen LogP contribution >= 0.6 is 0 Å². The van der Waals surface area contributed by atoms with Crippen molar-refractivity contribution < 1.29 is 17.9 Å². The van der Waals surface area contributed by atoms with Crippen LogP contribution in [0.15, 0.2) is 36.4 Å². The van der Waals surface area contributed by atoms with Crippen molar-refractivity contribution in [3.05, 3.63) is 59.4 Å². The van der Waals surface area contributed by atoms with Crippen LogP contribution in [-0.4, -0.2) is 7.11 Å². The van der Waals surface area contributed by atoms with Gasteiger partial charge in [-0.2, -0.15) is 0 Å². The summed E-state index contributed by atoms with van der Waals surface area (Å²) in [6.45, 7) is 1.80. The largest absolute Gasteiger partial charge is 0.494 e. The Hall–Kier alpha value is -2.17. The smallest absolute Gasteiger partial charge is 0.165 e. The molecule has 0 fully saturated rings. The average Bonchev–Trinajstić information content (AvgIpc) is 2.37. The predicted molar refractivity (Wildman–Crippen MR) is 71.3 cm³/mol. The molecule has 0 amide bonds. The first-order valence-corrected chi connectivity index (χ1v) is 6.05. The predicted octanol–water partition coefficient (Wildman–Crippen LogP) is 4.29. The molecule has 0 saturated heterocycles. The van der Waals surface area contributed by atoms with Crippen LogP contribution in [0.1, 0.15) is 18.5 Å². The number of anilines is 1. The Labute approximate surface area is 115 Å². The third kappa shape index (κ3) is 3.23. The number of methoxy groups -OCH3 is 1. The minimum Gasteiger partial charge on any atom is -0.494 e. The van der Waals surface area contributed by atoms with Gasteiger partial charge in [-0.25, -0.2) is 13.2 Å². The molecule has 20 heavy (non-hydrogen) atoms. The lowest BCUT2D eigenvalue weighted by molar-refractivity contribution is 0.385. The highest BCUT2D eigenvalue weighted by Gasteiger charge is 2.10. The molecule has 2 rings (SSSR count). The Morgan fingerprint density at radius 1 is 1.00 bits per heavy atom. The van der Waals surface area contributed by atoms with Crippen LogP contribution in [0.5, 0.6) is 5.75 Å². The number of halogens is 3. The zero-order valence-corrected chi connectivity index (χ0v) is 11.1. The number of benzene rings is 2. The molecule has 0 aromatic heterocycles. The molecule has 0 saturated carbocycles. The zero-order chi connectivity index (χ0) is 14.7. The molecule has 2 aromatic carbocycles. The van der Waals surface area contributed by atoms with Gasteiger partial charge in [0.1, 0.15) is 11.6 Å². The molecule has 2 nitrogen and oxygen atoms in total. The molecule has 5 heteroatoms. The van der Waals surface area contributed by atoms with Crippen molar-refractivity contribution in [1.82, 2.24) is 0 Å². The number of hydrogen-bond acceptors (Lipinski definition) is 2. The molecule has 0 aliphatic rings. The van der Waals surface area contributed by atoms with Crippen LogP contribution in [0.2, 0.25) is 0 Å². The van der Waals surface area contributed by atoms with E-state index in [1.165, 1.54) is 25.3 Å². The van der Waals surface area contributed by atoms with E-state index < -0.39 is 17.5 Å². The van der Waals surface area contributed by atoms with Gasteiger partial charge in [0, 0.05) is 17.8 Å². The van der Waals surface area contributed by atoms with Crippen LogP contribution in [0.4, 0.5) is 18.9 Å². The van der Waals surface area contributed by atoms with Crippen molar-refractivity contribution >= 4 is 5.69 Å². The second kappa shape index (κ2) is 5.86. The van der Waals surface area contributed by atoms with E-state index in [1.54, 1.807) is 19.1 Å². The molecule has 1 unspecified atom stereocenters. The summed E-state index contributed by atoms with van der Waals surface area (Å²) < 4.78 is 44.4. The van der Waals surface area contributed by atoms with E-state index >= 15 is 0 Å². The lowest BCUT2D eigenvalue weighted by Gasteiger charge is -2.17. The van der Waals surface area contributed by atoms with Crippen LogP contribution in [0.3, 0.4) is 0 Å². The Bertz CT molecular complexity index is 596. The summed E-state index contributed by atoms with van der Waals surface area (Å²) in [5.41, 5.74) is 1.06. The van der Waals surface area contributed by atoms with Crippen molar-refractivity contribution in [3.63, 3.8) is 0 Å². The first kappa shape index (κ1) is 14.2. The first-order valence-electron chi connectivity index (χ1n) is 6.05. The highest BCUT2D eigenvalue weighted by atomic mass is 19.1. The van der Waals surface area contributed by atoms with Gasteiger partial charge in [-0.15, -0.1) is 0 Å². The topological polar surface area (TPSA) is 21.3 Å². The summed E-state index contributed by atoms with van der Waals surface area (Å²) in [5, 5.41) is 2.95. The molecule has 1 atom stereocenters. The fourth-order valence-electron chi connectivity index (χ4n) is 1.92. The van der Waals surface area contributed by atoms with Crippen molar-refractivity contribution in [3.8, 4) is 5.75 Å². The average molecular weight is 281 g/mol. The summed E-state index contributed by atoms with van der Waals surface area (Å²) in [4.78, 5) is 0. The number of hydrogen-bond donors (Lipinski definition) is 1. The maximum Gasteiger partial charge on any atom is 0.165 e. The lowest BCUT2D eigenvalue weighted by Crippen LogP contribution is -2.07. The van der Waals surface area contributed by atoms with Gasteiger partial charge in [0.05, 0.1) is 7.11 Å². The Morgan fingerprint density at radius 2 is 1.65 bits per heavy atom. The quantitative estimate of drug-likeness (QED) is 0.902. The summed E-state index contributed by atoms with van der Waals surface area (Å²) in [6, 6.07) is 7.36. The zero-order valence-electron chi connectivity index (χ0n) is 11.1. The van der Waals surface area contributed by atoms with Gasteiger partial charge in [-0.1, -0.05) is 6.07 Å². The third-order valence-electron chi connectivity index (χ3n) is 2.92. The van der Waals surface area contributed by atoms with E-state index in [4.69, 9.17) is 4.74 Å². The minimum atomic E-state index is -0.656. The maximum atomic E-state index is 13.3. The third-order valence-corrected chi connectivity index (χ3v) is 2.92. The Balaban J connectivity index is 2.21. The monoisotopic (exact) mass is 281 g/mol. The molecule has 0 aliphatic heterocycles. The van der Waals surface area contributed by atoms with E-state index in [-0.39, 0.29) is 11.8 Å². The summed E-state index contributed by atoms with van der Waals surface area (Å²) in [7, 11) is 1.38. The van der Waals surface area contributed by atoms with Crippen molar-refractivity contribution in [2.75, 3.05) is 12.4 Å². The van der Waals surface area contributed by atoms with Gasteiger partial charge in [0.2, 0.25) is 0 Å². The molecule has 0 aliphatic carbocycles. The highest BCUT2D eigenvalue weighted by Crippen LogP contribution is 2.25. The molecule has 0 heterocycles. The fraction of sp³-hybridized carbons (Fsp3) is 0.200. The van der Waals surface area contributed by atoms with E-state index in [1.807, 2.05) is 0 Å². The summed E-state index contributed by atoms with van der Waals surface area (Å²) in [6.07, 6.45) is 0. The van der Waals surface area contributed by atoms with E-state index in [2.05, 4.69) is 5.32 Å². The van der Waals surface area contributed by atoms with Crippen molar-refractivity contribution in [2.24, 2.45) is 0 Å². The van der Waals surface area contributed by atoms with Crippen molar-refractivity contribution in [1.29, 1.82) is 0 Å². The molecule has 106 valence electrons. The molecule has 2 aromatic rings. The molecule has 0 bridgehead atoms. The standard InChI is InChI=1S/C15H14F3NO/c1-9(10-3-4-14(18)15(5-10)20-2)19-13-7-11(16)6-12(17)8-13/h3-9,19H,1-2H3. The van der Waals surface area contributed by atoms with Crippen LogP contribution in [0, 0.1) is 17.5 Å². The van der Waals surface area contributed by atoms with E-state index in [0.29, 0.717) is 5.69 Å². The molecule has 1 N–H and O–H groups in total. The fourth-order valence-corrected chi connectivity index (χ4v) is 1.92. The van der Waals surface area contributed by atoms with E-state index in [0.717, 1.165) is 11.6 Å². The van der Waals surface area contributed by atoms with Gasteiger partial charge in [-0.3, -0.25) is 0 Å². The normalized spacial score (nSPS) is 12.1. The van der Waals surface area contributed by atoms with Gasteiger partial charge < -0.3 is 10.1 Å². The van der Waals surface area contributed by atoms with E-state index in [9.17, 15) is 13.2 Å². The summed E-state index contributed by atoms with van der Waals surface area (Å²) >= 11 is 0. The van der Waals surface area contributed by atoms with Crippen LogP contribution in [-0.2, 0) is 0 Å². The first-order chi connectivity index (χ1) is 9.49. The Morgan fingerprint density at radius 3 is 2.25 bits per heavy atom.